The van der Waals surface area contributed by atoms with Crippen LogP contribution >= 0.6 is 11.8 Å². The van der Waals surface area contributed by atoms with Crippen molar-refractivity contribution in [3.8, 4) is 0 Å². The Kier molecular flexibility index (Phi) is 5.68. The highest BCUT2D eigenvalue weighted by Gasteiger charge is 2.07. The van der Waals surface area contributed by atoms with Crippen LogP contribution in [0.25, 0.3) is 0 Å². The molecule has 0 fully saturated rings. The van der Waals surface area contributed by atoms with Crippen LogP contribution < -0.4 is 5.32 Å². The summed E-state index contributed by atoms with van der Waals surface area (Å²) in [6, 6.07) is 4.44. The molecule has 1 heterocycles. The van der Waals surface area contributed by atoms with Gasteiger partial charge in [0.15, 0.2) is 0 Å². The van der Waals surface area contributed by atoms with Gasteiger partial charge in [0.1, 0.15) is 0 Å². The molecule has 0 aliphatic rings. The molecule has 1 aromatic heterocycles. The Labute approximate surface area is 95.3 Å². The van der Waals surface area contributed by atoms with E-state index in [-0.39, 0.29) is 6.61 Å². The summed E-state index contributed by atoms with van der Waals surface area (Å²) in [6.07, 6.45) is 2.91. The minimum atomic E-state index is 0.209. The lowest BCUT2D eigenvalue weighted by Gasteiger charge is -2.13. The molecule has 1 aromatic rings. The number of pyridine rings is 1. The van der Waals surface area contributed by atoms with Gasteiger partial charge in [0, 0.05) is 22.9 Å². The van der Waals surface area contributed by atoms with Crippen molar-refractivity contribution < 1.29 is 5.11 Å². The van der Waals surface area contributed by atoms with Gasteiger partial charge in [-0.1, -0.05) is 6.92 Å². The zero-order valence-electron chi connectivity index (χ0n) is 9.23. The fraction of sp³-hybridized carbons (Fsp3) is 0.545. The molecular weight excluding hydrogens is 208 g/mol. The molecule has 0 aliphatic carbocycles. The van der Waals surface area contributed by atoms with Crippen molar-refractivity contribution in [3.63, 3.8) is 0 Å². The summed E-state index contributed by atoms with van der Waals surface area (Å²) in [7, 11) is 1.95. The Hall–Kier alpha value is -0.580. The number of aliphatic hydroxyl groups is 1. The first-order chi connectivity index (χ1) is 7.31. The molecule has 3 nitrogen and oxygen atoms in total. The van der Waals surface area contributed by atoms with Crippen LogP contribution in [0.1, 0.15) is 25.1 Å². The maximum Gasteiger partial charge on any atom is 0.0573 e. The summed E-state index contributed by atoms with van der Waals surface area (Å²) in [5.74, 6) is 0.726. The van der Waals surface area contributed by atoms with Crippen LogP contribution in [-0.4, -0.2) is 29.5 Å². The highest BCUT2D eigenvalue weighted by Crippen LogP contribution is 2.19. The lowest BCUT2D eigenvalue weighted by Crippen LogP contribution is -2.16. The number of rotatable bonds is 6. The molecule has 0 aromatic carbocycles. The average Bonchev–Trinajstić information content (AvgIpc) is 2.29. The van der Waals surface area contributed by atoms with Crippen molar-refractivity contribution in [2.45, 2.75) is 24.3 Å². The van der Waals surface area contributed by atoms with Gasteiger partial charge < -0.3 is 10.4 Å². The number of hydrogen-bond acceptors (Lipinski definition) is 4. The lowest BCUT2D eigenvalue weighted by molar-refractivity contribution is 0.322. The zero-order chi connectivity index (χ0) is 11.1. The summed E-state index contributed by atoms with van der Waals surface area (Å²) >= 11 is 1.62. The fourth-order valence-corrected chi connectivity index (χ4v) is 2.03. The summed E-state index contributed by atoms with van der Waals surface area (Å²) in [6.45, 7) is 2.35. The van der Waals surface area contributed by atoms with Gasteiger partial charge in [0.2, 0.25) is 0 Å². The van der Waals surface area contributed by atoms with Gasteiger partial charge in [-0.15, -0.1) is 11.8 Å². The average molecular weight is 226 g/mol. The van der Waals surface area contributed by atoms with Gasteiger partial charge in [-0.3, -0.25) is 4.98 Å². The first-order valence-electron chi connectivity index (χ1n) is 5.18. The highest BCUT2D eigenvalue weighted by molar-refractivity contribution is 7.99. The summed E-state index contributed by atoms with van der Waals surface area (Å²) < 4.78 is 0. The van der Waals surface area contributed by atoms with Gasteiger partial charge in [-0.2, -0.15) is 0 Å². The molecule has 0 bridgehead atoms. The van der Waals surface area contributed by atoms with E-state index in [9.17, 15) is 0 Å². The Balaban J connectivity index is 2.62. The maximum absolute atomic E-state index is 8.70. The van der Waals surface area contributed by atoms with E-state index >= 15 is 0 Å². The predicted molar refractivity (Wildman–Crippen MR) is 64.1 cm³/mol. The van der Waals surface area contributed by atoms with Crippen LogP contribution in [0.15, 0.2) is 23.2 Å². The van der Waals surface area contributed by atoms with E-state index in [1.807, 2.05) is 19.3 Å². The van der Waals surface area contributed by atoms with E-state index in [1.165, 1.54) is 0 Å². The number of aromatic nitrogens is 1. The quantitative estimate of drug-likeness (QED) is 0.727. The molecule has 0 amide bonds. The van der Waals surface area contributed by atoms with Crippen molar-refractivity contribution in [2.24, 2.45) is 0 Å². The SMILES string of the molecule is CCC(NC)c1ccc(SCCO)cn1. The van der Waals surface area contributed by atoms with Crippen LogP contribution in [0.5, 0.6) is 0 Å². The topological polar surface area (TPSA) is 45.1 Å². The summed E-state index contributed by atoms with van der Waals surface area (Å²) in [5.41, 5.74) is 1.08. The third kappa shape index (κ3) is 3.81. The molecule has 1 rings (SSSR count). The zero-order valence-corrected chi connectivity index (χ0v) is 10.0. The Morgan fingerprint density at radius 3 is 2.80 bits per heavy atom. The second-order valence-electron chi connectivity index (χ2n) is 3.24. The molecule has 15 heavy (non-hydrogen) atoms. The first kappa shape index (κ1) is 12.5. The normalized spacial score (nSPS) is 12.7. The van der Waals surface area contributed by atoms with Gasteiger partial charge in [-0.05, 0) is 25.6 Å². The third-order valence-electron chi connectivity index (χ3n) is 2.23. The summed E-state index contributed by atoms with van der Waals surface area (Å²) in [5, 5.41) is 11.9. The molecule has 0 saturated carbocycles. The fourth-order valence-electron chi connectivity index (χ4n) is 1.41. The standard InChI is InChI=1S/C11H18N2OS/c1-3-10(12-2)11-5-4-9(8-13-11)15-7-6-14/h4-5,8,10,12,14H,3,6-7H2,1-2H3. The van der Waals surface area contributed by atoms with Gasteiger partial charge in [-0.25, -0.2) is 0 Å². The minimum absolute atomic E-state index is 0.209. The Morgan fingerprint density at radius 1 is 1.53 bits per heavy atom. The van der Waals surface area contributed by atoms with E-state index in [2.05, 4.69) is 23.3 Å². The van der Waals surface area contributed by atoms with E-state index in [4.69, 9.17) is 5.11 Å². The van der Waals surface area contributed by atoms with Gasteiger partial charge in [0.25, 0.3) is 0 Å². The first-order valence-corrected chi connectivity index (χ1v) is 6.17. The summed E-state index contributed by atoms with van der Waals surface area (Å²) in [4.78, 5) is 5.52. The monoisotopic (exact) mass is 226 g/mol. The molecule has 4 heteroatoms. The molecule has 84 valence electrons. The molecule has 1 atom stereocenters. The third-order valence-corrected chi connectivity index (χ3v) is 3.19. The van der Waals surface area contributed by atoms with Crippen LogP contribution in [0.2, 0.25) is 0 Å². The number of nitrogens with zero attached hydrogens (tertiary/aromatic N) is 1. The Morgan fingerprint density at radius 2 is 2.33 bits per heavy atom. The smallest absolute Gasteiger partial charge is 0.0573 e. The van der Waals surface area contributed by atoms with E-state index < -0.39 is 0 Å². The highest BCUT2D eigenvalue weighted by atomic mass is 32.2. The van der Waals surface area contributed by atoms with Crippen LogP contribution in [0.4, 0.5) is 0 Å². The molecule has 1 unspecified atom stereocenters. The predicted octanol–water partition coefficient (Wildman–Crippen LogP) is 1.84. The van der Waals surface area contributed by atoms with Gasteiger partial charge in [0.05, 0.1) is 12.3 Å². The van der Waals surface area contributed by atoms with E-state index in [0.717, 1.165) is 22.8 Å². The molecule has 0 aliphatic heterocycles. The van der Waals surface area contributed by atoms with Crippen LogP contribution in [-0.2, 0) is 0 Å². The van der Waals surface area contributed by atoms with Crippen LogP contribution in [0, 0.1) is 0 Å². The van der Waals surface area contributed by atoms with Crippen molar-refractivity contribution in [2.75, 3.05) is 19.4 Å². The second kappa shape index (κ2) is 6.82. The number of thioether (sulfide) groups is 1. The van der Waals surface area contributed by atoms with Gasteiger partial charge >= 0.3 is 0 Å². The van der Waals surface area contributed by atoms with Crippen molar-refractivity contribution >= 4 is 11.8 Å². The maximum atomic E-state index is 8.70. The van der Waals surface area contributed by atoms with E-state index in [1.54, 1.807) is 11.8 Å². The minimum Gasteiger partial charge on any atom is -0.396 e. The van der Waals surface area contributed by atoms with Crippen LogP contribution in [0.3, 0.4) is 0 Å². The molecule has 0 radical (unpaired) electrons. The largest absolute Gasteiger partial charge is 0.396 e. The number of nitrogens with one attached hydrogen (secondary N) is 1. The van der Waals surface area contributed by atoms with Crippen molar-refractivity contribution in [1.29, 1.82) is 0 Å². The second-order valence-corrected chi connectivity index (χ2v) is 4.41. The van der Waals surface area contributed by atoms with E-state index in [0.29, 0.717) is 6.04 Å². The molecule has 0 spiro atoms. The lowest BCUT2D eigenvalue weighted by atomic mass is 10.1. The Bertz CT molecular complexity index is 272. The van der Waals surface area contributed by atoms with Crippen molar-refractivity contribution in [3.05, 3.63) is 24.0 Å². The van der Waals surface area contributed by atoms with Crippen molar-refractivity contribution in [1.82, 2.24) is 10.3 Å². The number of aliphatic hydroxyl groups excluding tert-OH is 1. The molecule has 2 N–H and O–H groups in total. The molecular formula is C11H18N2OS. The number of hydrogen-bond donors (Lipinski definition) is 2. The molecule has 0 saturated heterocycles.